The van der Waals surface area contributed by atoms with Crippen LogP contribution in [0.4, 0.5) is 0 Å². The molecule has 1 spiro atoms. The lowest BCUT2D eigenvalue weighted by Crippen LogP contribution is -2.32. The Bertz CT molecular complexity index is 268. The molecule has 1 aliphatic carbocycles. The van der Waals surface area contributed by atoms with Gasteiger partial charge in [0.25, 0.3) is 0 Å². The first-order chi connectivity index (χ1) is 8.20. The molecule has 1 saturated carbocycles. The molecule has 0 radical (unpaired) electrons. The van der Waals surface area contributed by atoms with Crippen LogP contribution in [0.1, 0.15) is 39.5 Å². The van der Waals surface area contributed by atoms with Crippen LogP contribution in [0, 0.1) is 23.2 Å². The van der Waals surface area contributed by atoms with Gasteiger partial charge >= 0.3 is 0 Å². The first kappa shape index (κ1) is 12.0. The highest BCUT2D eigenvalue weighted by molar-refractivity contribution is 5.05. The molecule has 3 fully saturated rings. The van der Waals surface area contributed by atoms with E-state index in [-0.39, 0.29) is 0 Å². The molecule has 3 aliphatic rings. The zero-order valence-corrected chi connectivity index (χ0v) is 11.5. The lowest BCUT2D eigenvalue weighted by atomic mass is 9.92. The quantitative estimate of drug-likeness (QED) is 0.809. The van der Waals surface area contributed by atoms with Gasteiger partial charge in [0, 0.05) is 13.1 Å². The molecule has 0 bridgehead atoms. The number of nitrogens with zero attached hydrogens (tertiary/aromatic N) is 1. The van der Waals surface area contributed by atoms with E-state index in [0.29, 0.717) is 0 Å². The van der Waals surface area contributed by atoms with Crippen molar-refractivity contribution in [3.05, 3.63) is 0 Å². The van der Waals surface area contributed by atoms with Crippen molar-refractivity contribution in [1.82, 2.24) is 10.2 Å². The van der Waals surface area contributed by atoms with Crippen molar-refractivity contribution in [3.63, 3.8) is 0 Å². The molecule has 2 nitrogen and oxygen atoms in total. The Balaban J connectivity index is 1.47. The van der Waals surface area contributed by atoms with E-state index in [1.54, 1.807) is 0 Å². The van der Waals surface area contributed by atoms with Gasteiger partial charge in [0.1, 0.15) is 0 Å². The van der Waals surface area contributed by atoms with Crippen LogP contribution in [0.3, 0.4) is 0 Å². The number of piperidine rings is 1. The van der Waals surface area contributed by atoms with Crippen molar-refractivity contribution in [3.8, 4) is 0 Å². The number of hydrogen-bond donors (Lipinski definition) is 1. The minimum absolute atomic E-state index is 0.779. The van der Waals surface area contributed by atoms with E-state index < -0.39 is 0 Å². The molecule has 0 aromatic rings. The Morgan fingerprint density at radius 1 is 1.29 bits per heavy atom. The second-order valence-electron chi connectivity index (χ2n) is 7.07. The minimum atomic E-state index is 0.779. The fourth-order valence-corrected chi connectivity index (χ4v) is 4.11. The van der Waals surface area contributed by atoms with Crippen LogP contribution in [-0.2, 0) is 0 Å². The molecule has 2 heterocycles. The number of rotatable bonds is 3. The van der Waals surface area contributed by atoms with E-state index in [0.717, 1.165) is 23.2 Å². The fourth-order valence-electron chi connectivity index (χ4n) is 4.11. The normalized spacial score (nSPS) is 36.9. The second-order valence-corrected chi connectivity index (χ2v) is 7.07. The third kappa shape index (κ3) is 2.39. The predicted octanol–water partition coefficient (Wildman–Crippen LogP) is 2.35. The summed E-state index contributed by atoms with van der Waals surface area (Å²) < 4.78 is 0. The van der Waals surface area contributed by atoms with Crippen LogP contribution < -0.4 is 5.32 Å². The van der Waals surface area contributed by atoms with E-state index in [9.17, 15) is 0 Å². The Kier molecular flexibility index (Phi) is 3.20. The van der Waals surface area contributed by atoms with E-state index in [1.165, 1.54) is 58.4 Å². The highest BCUT2D eigenvalue weighted by atomic mass is 15.2. The summed E-state index contributed by atoms with van der Waals surface area (Å²) >= 11 is 0. The average Bonchev–Trinajstić information content (AvgIpc) is 2.78. The van der Waals surface area contributed by atoms with Crippen LogP contribution in [0.25, 0.3) is 0 Å². The highest BCUT2D eigenvalue weighted by Crippen LogP contribution is 2.58. The summed E-state index contributed by atoms with van der Waals surface area (Å²) in [7, 11) is 0. The molecule has 3 rings (SSSR count). The maximum Gasteiger partial charge on any atom is 0.00153 e. The van der Waals surface area contributed by atoms with Crippen LogP contribution in [-0.4, -0.2) is 37.6 Å². The van der Waals surface area contributed by atoms with Crippen LogP contribution in [0.5, 0.6) is 0 Å². The van der Waals surface area contributed by atoms with Gasteiger partial charge in [-0.15, -0.1) is 0 Å². The summed E-state index contributed by atoms with van der Waals surface area (Å²) in [5, 5.41) is 3.50. The van der Waals surface area contributed by atoms with E-state index in [2.05, 4.69) is 24.1 Å². The molecule has 98 valence electrons. The predicted molar refractivity (Wildman–Crippen MR) is 72.0 cm³/mol. The van der Waals surface area contributed by atoms with Gasteiger partial charge in [-0.3, -0.25) is 0 Å². The smallest absolute Gasteiger partial charge is 0.00153 e. The maximum absolute atomic E-state index is 3.50. The highest BCUT2D eigenvalue weighted by Gasteiger charge is 2.54. The molecule has 0 aromatic carbocycles. The zero-order valence-electron chi connectivity index (χ0n) is 11.5. The van der Waals surface area contributed by atoms with Crippen LogP contribution >= 0.6 is 0 Å². The van der Waals surface area contributed by atoms with Gasteiger partial charge in [-0.1, -0.05) is 13.8 Å². The zero-order chi connectivity index (χ0) is 11.9. The number of nitrogens with one attached hydrogen (secondary N) is 1. The molecular formula is C15H28N2. The molecule has 17 heavy (non-hydrogen) atoms. The van der Waals surface area contributed by atoms with Gasteiger partial charge < -0.3 is 10.2 Å². The monoisotopic (exact) mass is 236 g/mol. The van der Waals surface area contributed by atoms with Gasteiger partial charge in [0.2, 0.25) is 0 Å². The molecule has 0 aromatic heterocycles. The number of hydrogen-bond acceptors (Lipinski definition) is 2. The van der Waals surface area contributed by atoms with E-state index in [1.807, 2.05) is 0 Å². The van der Waals surface area contributed by atoms with E-state index >= 15 is 0 Å². The van der Waals surface area contributed by atoms with Gasteiger partial charge in [0.05, 0.1) is 0 Å². The molecule has 2 saturated heterocycles. The largest absolute Gasteiger partial charge is 0.317 e. The van der Waals surface area contributed by atoms with Crippen molar-refractivity contribution in [2.24, 2.45) is 23.2 Å². The standard InChI is InChI=1S/C15H28N2/c1-12(2)13-3-8-17(10-13)11-14-9-15(14)4-6-16-7-5-15/h12-14,16H,3-11H2,1-2H3. The summed E-state index contributed by atoms with van der Waals surface area (Å²) in [6, 6.07) is 0. The lowest BCUT2D eigenvalue weighted by Gasteiger charge is -2.25. The van der Waals surface area contributed by atoms with Crippen LogP contribution in [0.2, 0.25) is 0 Å². The second kappa shape index (κ2) is 4.55. The summed E-state index contributed by atoms with van der Waals surface area (Å²) in [5.41, 5.74) is 0.779. The summed E-state index contributed by atoms with van der Waals surface area (Å²) in [5.74, 6) is 2.89. The topological polar surface area (TPSA) is 15.3 Å². The van der Waals surface area contributed by atoms with Gasteiger partial charge in [-0.25, -0.2) is 0 Å². The maximum atomic E-state index is 3.50. The Morgan fingerprint density at radius 3 is 2.71 bits per heavy atom. The molecular weight excluding hydrogens is 208 g/mol. The molecule has 1 N–H and O–H groups in total. The summed E-state index contributed by atoms with van der Waals surface area (Å²) in [4.78, 5) is 2.76. The minimum Gasteiger partial charge on any atom is -0.317 e. The fraction of sp³-hybridized carbons (Fsp3) is 1.00. The third-order valence-corrected chi connectivity index (χ3v) is 5.69. The Labute approximate surface area is 106 Å². The molecule has 2 unspecified atom stereocenters. The Morgan fingerprint density at radius 2 is 2.06 bits per heavy atom. The molecule has 0 amide bonds. The van der Waals surface area contributed by atoms with Crippen molar-refractivity contribution < 1.29 is 0 Å². The summed E-state index contributed by atoms with van der Waals surface area (Å²) in [6.45, 7) is 11.5. The van der Waals surface area contributed by atoms with E-state index in [4.69, 9.17) is 0 Å². The van der Waals surface area contributed by atoms with Gasteiger partial charge in [0.15, 0.2) is 0 Å². The first-order valence-corrected chi connectivity index (χ1v) is 7.63. The van der Waals surface area contributed by atoms with Crippen molar-refractivity contribution in [1.29, 1.82) is 0 Å². The van der Waals surface area contributed by atoms with Crippen molar-refractivity contribution in [2.45, 2.75) is 39.5 Å². The van der Waals surface area contributed by atoms with Gasteiger partial charge in [-0.2, -0.15) is 0 Å². The average molecular weight is 236 g/mol. The molecule has 2 heteroatoms. The van der Waals surface area contributed by atoms with Crippen LogP contribution in [0.15, 0.2) is 0 Å². The van der Waals surface area contributed by atoms with Crippen molar-refractivity contribution in [2.75, 3.05) is 32.7 Å². The van der Waals surface area contributed by atoms with Gasteiger partial charge in [-0.05, 0) is 68.5 Å². The molecule has 2 aliphatic heterocycles. The Hall–Kier alpha value is -0.0800. The number of likely N-dealkylation sites (tertiary alicyclic amines) is 1. The SMILES string of the molecule is CC(C)C1CCN(CC2CC23CCNCC3)C1. The first-order valence-electron chi connectivity index (χ1n) is 7.63. The third-order valence-electron chi connectivity index (χ3n) is 5.69. The molecule has 2 atom stereocenters. The lowest BCUT2D eigenvalue weighted by molar-refractivity contribution is 0.250. The van der Waals surface area contributed by atoms with Crippen molar-refractivity contribution >= 4 is 0 Å². The summed E-state index contributed by atoms with van der Waals surface area (Å²) in [6.07, 6.45) is 5.86.